The number of carbonyl (C=O) groups excluding carboxylic acids is 4. The second-order valence-corrected chi connectivity index (χ2v) is 34.2. The summed E-state index contributed by atoms with van der Waals surface area (Å²) in [7, 11) is -9.92. The van der Waals surface area contributed by atoms with Gasteiger partial charge >= 0.3 is 39.5 Å². The lowest BCUT2D eigenvalue weighted by molar-refractivity contribution is -0.161. The molecule has 0 radical (unpaired) electrons. The highest BCUT2D eigenvalue weighted by Crippen LogP contribution is 2.45. The van der Waals surface area contributed by atoms with Crippen molar-refractivity contribution in [3.63, 3.8) is 0 Å². The standard InChI is InChI=1S/C83H162O17P2/c1-9-75(7)61-53-45-37-30-26-22-18-13-11-12-14-19-23-27-31-38-47-55-63-80(85)93-69-78(99-82(87)65-57-49-39-32-28-24-20-16-15-17-21-25-29-35-43-51-59-73(3)4)71-97-101(89,90)95-67-77(84)68-96-102(91,92)98-72-79(70-94-81(86)64-56-48-42-41-46-54-62-76(8)10-2)100-83(88)66-58-50-40-34-33-36-44-52-60-74(5)6/h73-79,84H,9-72H2,1-8H3,(H,89,90)(H,91,92)/t75?,76?,77-,78-,79-/m1/s1. The number of ether oxygens (including phenoxy) is 4. The minimum absolute atomic E-state index is 0.103. The number of phosphoric ester groups is 2. The molecule has 606 valence electrons. The zero-order valence-electron chi connectivity index (χ0n) is 67.2. The van der Waals surface area contributed by atoms with Crippen LogP contribution < -0.4 is 0 Å². The molecule has 3 N–H and O–H groups in total. The molecule has 0 rings (SSSR count). The van der Waals surface area contributed by atoms with E-state index >= 15 is 0 Å². The van der Waals surface area contributed by atoms with E-state index in [0.29, 0.717) is 25.7 Å². The summed E-state index contributed by atoms with van der Waals surface area (Å²) in [5, 5.41) is 10.6. The SMILES string of the molecule is CCC(C)CCCCCCCCCCCCCCCCCCCCC(=O)OC[C@H](COP(=O)(O)OC[C@@H](O)COP(=O)(O)OC[C@@H](COC(=O)CCCCCCCCC(C)CC)OC(=O)CCCCCCCCCCC(C)C)OC(=O)CCCCCCCCCCCCCCCCCCC(C)C. The number of aliphatic hydroxyl groups is 1. The molecule has 19 heteroatoms. The van der Waals surface area contributed by atoms with Crippen LogP contribution in [0.5, 0.6) is 0 Å². The molecule has 0 heterocycles. The van der Waals surface area contributed by atoms with Crippen LogP contribution in [-0.2, 0) is 65.4 Å². The fourth-order valence-corrected chi connectivity index (χ4v) is 14.3. The zero-order chi connectivity index (χ0) is 75.3. The van der Waals surface area contributed by atoms with Crippen molar-refractivity contribution in [1.29, 1.82) is 0 Å². The van der Waals surface area contributed by atoms with Crippen molar-refractivity contribution in [2.75, 3.05) is 39.6 Å². The van der Waals surface area contributed by atoms with E-state index < -0.39 is 97.5 Å². The third-order valence-corrected chi connectivity index (χ3v) is 21.9. The van der Waals surface area contributed by atoms with Crippen LogP contribution in [0.15, 0.2) is 0 Å². The predicted octanol–water partition coefficient (Wildman–Crippen LogP) is 24.8. The second-order valence-electron chi connectivity index (χ2n) is 31.3. The largest absolute Gasteiger partial charge is 0.472 e. The number of hydrogen-bond donors (Lipinski definition) is 3. The summed E-state index contributed by atoms with van der Waals surface area (Å²) >= 11 is 0. The Morgan fingerprint density at radius 1 is 0.275 bits per heavy atom. The molecule has 0 saturated heterocycles. The van der Waals surface area contributed by atoms with Crippen LogP contribution in [0.4, 0.5) is 0 Å². The van der Waals surface area contributed by atoms with Crippen molar-refractivity contribution >= 4 is 39.5 Å². The fraction of sp³-hybridized carbons (Fsp3) is 0.952. The van der Waals surface area contributed by atoms with E-state index in [0.717, 1.165) is 120 Å². The molecule has 0 aromatic heterocycles. The highest BCUT2D eigenvalue weighted by Gasteiger charge is 2.30. The maximum Gasteiger partial charge on any atom is 0.472 e. The summed E-state index contributed by atoms with van der Waals surface area (Å²) in [6.45, 7) is 14.3. The van der Waals surface area contributed by atoms with Crippen molar-refractivity contribution in [2.45, 2.75) is 446 Å². The minimum Gasteiger partial charge on any atom is -0.462 e. The van der Waals surface area contributed by atoms with E-state index in [2.05, 4.69) is 55.4 Å². The fourth-order valence-electron chi connectivity index (χ4n) is 12.7. The molecule has 17 nitrogen and oxygen atoms in total. The monoisotopic (exact) mass is 1490 g/mol. The summed E-state index contributed by atoms with van der Waals surface area (Å²) in [6.07, 6.45) is 59.9. The van der Waals surface area contributed by atoms with Gasteiger partial charge in [-0.05, 0) is 49.4 Å². The lowest BCUT2D eigenvalue weighted by Gasteiger charge is -2.21. The molecule has 0 aliphatic rings. The molecular weight excluding hydrogens is 1330 g/mol. The Labute approximate surface area is 626 Å². The molecule has 0 aliphatic carbocycles. The topological polar surface area (TPSA) is 237 Å². The van der Waals surface area contributed by atoms with Gasteiger partial charge in [0.05, 0.1) is 26.4 Å². The molecule has 0 aliphatic heterocycles. The first-order valence-electron chi connectivity index (χ1n) is 42.8. The van der Waals surface area contributed by atoms with E-state index in [9.17, 15) is 43.2 Å². The number of esters is 4. The Morgan fingerprint density at radius 2 is 0.471 bits per heavy atom. The van der Waals surface area contributed by atoms with Crippen molar-refractivity contribution in [3.05, 3.63) is 0 Å². The number of phosphoric acid groups is 2. The van der Waals surface area contributed by atoms with Crippen molar-refractivity contribution < 1.29 is 80.2 Å². The third-order valence-electron chi connectivity index (χ3n) is 20.0. The van der Waals surface area contributed by atoms with Crippen LogP contribution in [0.3, 0.4) is 0 Å². The van der Waals surface area contributed by atoms with Gasteiger partial charge in [0.2, 0.25) is 0 Å². The summed E-state index contributed by atoms with van der Waals surface area (Å²) in [5.41, 5.74) is 0. The normalized spacial score (nSPS) is 14.5. The Bertz CT molecular complexity index is 1990. The summed E-state index contributed by atoms with van der Waals surface area (Å²) < 4.78 is 68.7. The van der Waals surface area contributed by atoms with Gasteiger partial charge in [-0.15, -0.1) is 0 Å². The molecule has 0 spiro atoms. The number of aliphatic hydroxyl groups excluding tert-OH is 1. The van der Waals surface area contributed by atoms with E-state index in [1.807, 2.05) is 0 Å². The molecule has 0 aromatic carbocycles. The van der Waals surface area contributed by atoms with Gasteiger partial charge in [0.1, 0.15) is 19.3 Å². The third kappa shape index (κ3) is 73.6. The maximum absolute atomic E-state index is 13.1. The van der Waals surface area contributed by atoms with Crippen LogP contribution in [0.1, 0.15) is 428 Å². The first-order chi connectivity index (χ1) is 49.2. The summed E-state index contributed by atoms with van der Waals surface area (Å²) in [4.78, 5) is 73.0. The lowest BCUT2D eigenvalue weighted by atomic mass is 9.99. The Balaban J connectivity index is 5.20. The van der Waals surface area contributed by atoms with Gasteiger partial charge in [-0.3, -0.25) is 37.3 Å². The van der Waals surface area contributed by atoms with Gasteiger partial charge < -0.3 is 33.8 Å². The van der Waals surface area contributed by atoms with Gasteiger partial charge in [0, 0.05) is 25.7 Å². The smallest absolute Gasteiger partial charge is 0.462 e. The van der Waals surface area contributed by atoms with E-state index in [1.54, 1.807) is 0 Å². The highest BCUT2D eigenvalue weighted by atomic mass is 31.2. The number of rotatable bonds is 80. The second kappa shape index (κ2) is 72.0. The van der Waals surface area contributed by atoms with Gasteiger partial charge in [-0.2, -0.15) is 0 Å². The van der Waals surface area contributed by atoms with E-state index in [-0.39, 0.29) is 25.7 Å². The molecule has 102 heavy (non-hydrogen) atoms. The first kappa shape index (κ1) is 100. The first-order valence-corrected chi connectivity index (χ1v) is 45.8. The summed E-state index contributed by atoms with van der Waals surface area (Å²) in [5.74, 6) is 1.02. The van der Waals surface area contributed by atoms with Crippen molar-refractivity contribution in [1.82, 2.24) is 0 Å². The molecule has 0 amide bonds. The Kier molecular flexibility index (Phi) is 70.6. The van der Waals surface area contributed by atoms with Crippen LogP contribution >= 0.6 is 15.6 Å². The molecule has 0 aromatic rings. The van der Waals surface area contributed by atoms with E-state index in [4.69, 9.17) is 37.0 Å². The average molecular weight is 1490 g/mol. The minimum atomic E-state index is -4.96. The number of carbonyl (C=O) groups is 4. The Hall–Kier alpha value is -1.94. The predicted molar refractivity (Wildman–Crippen MR) is 418 cm³/mol. The van der Waals surface area contributed by atoms with E-state index in [1.165, 1.54) is 225 Å². The lowest BCUT2D eigenvalue weighted by Crippen LogP contribution is -2.30. The average Bonchev–Trinajstić information content (AvgIpc) is 0.905. The zero-order valence-corrected chi connectivity index (χ0v) is 69.0. The van der Waals surface area contributed by atoms with Crippen LogP contribution in [0.2, 0.25) is 0 Å². The van der Waals surface area contributed by atoms with Gasteiger partial charge in [-0.25, -0.2) is 9.13 Å². The van der Waals surface area contributed by atoms with Crippen LogP contribution in [0, 0.1) is 23.7 Å². The van der Waals surface area contributed by atoms with Crippen LogP contribution in [-0.4, -0.2) is 96.7 Å². The van der Waals surface area contributed by atoms with Crippen LogP contribution in [0.25, 0.3) is 0 Å². The summed E-state index contributed by atoms with van der Waals surface area (Å²) in [6, 6.07) is 0. The molecular formula is C83H162O17P2. The molecule has 7 atom stereocenters. The molecule has 0 saturated carbocycles. The highest BCUT2D eigenvalue weighted by molar-refractivity contribution is 7.47. The van der Waals surface area contributed by atoms with Gasteiger partial charge in [0.15, 0.2) is 12.2 Å². The molecule has 0 fully saturated rings. The molecule has 0 bridgehead atoms. The quantitative estimate of drug-likeness (QED) is 0.0222. The van der Waals surface area contributed by atoms with Gasteiger partial charge in [-0.1, -0.05) is 376 Å². The maximum atomic E-state index is 13.1. The van der Waals surface area contributed by atoms with Crippen molar-refractivity contribution in [2.24, 2.45) is 23.7 Å². The molecule has 4 unspecified atom stereocenters. The Morgan fingerprint density at radius 3 is 0.696 bits per heavy atom. The number of unbranched alkanes of at least 4 members (excludes halogenated alkanes) is 44. The number of hydrogen-bond acceptors (Lipinski definition) is 15. The van der Waals surface area contributed by atoms with Gasteiger partial charge in [0.25, 0.3) is 0 Å². The van der Waals surface area contributed by atoms with Crippen molar-refractivity contribution in [3.8, 4) is 0 Å².